The maximum absolute atomic E-state index is 12.7. The molecule has 1 aliphatic heterocycles. The van der Waals surface area contributed by atoms with Gasteiger partial charge in [0.05, 0.1) is 21.6 Å². The Bertz CT molecular complexity index is 783. The zero-order valence-corrected chi connectivity index (χ0v) is 14.6. The summed E-state index contributed by atoms with van der Waals surface area (Å²) in [7, 11) is 0. The summed E-state index contributed by atoms with van der Waals surface area (Å²) in [6.07, 6.45) is 4.47. The monoisotopic (exact) mass is 359 g/mol. The van der Waals surface area contributed by atoms with E-state index in [0.717, 1.165) is 24.2 Å². The number of likely N-dealkylation sites (tertiary alicyclic amines) is 1. The van der Waals surface area contributed by atoms with Crippen LogP contribution in [-0.2, 0) is 14.4 Å². The molecule has 1 aliphatic carbocycles. The third-order valence-electron chi connectivity index (χ3n) is 5.38. The molecule has 1 saturated heterocycles. The Balaban J connectivity index is 1.71. The highest BCUT2D eigenvalue weighted by Crippen LogP contribution is 2.45. The van der Waals surface area contributed by atoms with Crippen molar-refractivity contribution in [1.82, 2.24) is 4.90 Å². The molecule has 1 heterocycles. The minimum absolute atomic E-state index is 0.0997. The maximum Gasteiger partial charge on any atom is 0.274 e. The molecule has 2 fully saturated rings. The maximum atomic E-state index is 12.7. The van der Waals surface area contributed by atoms with Gasteiger partial charge in [-0.05, 0) is 25.8 Å². The van der Waals surface area contributed by atoms with Crippen molar-refractivity contribution in [2.75, 3.05) is 11.9 Å². The number of hydrogen-bond donors (Lipinski definition) is 1. The number of imide groups is 1. The molecule has 0 aromatic heterocycles. The molecule has 2 aliphatic rings. The average Bonchev–Trinajstić information content (AvgIpc) is 2.81. The lowest BCUT2D eigenvalue weighted by Gasteiger charge is -2.30. The number of amides is 3. The molecule has 8 nitrogen and oxygen atoms in total. The summed E-state index contributed by atoms with van der Waals surface area (Å²) in [6, 6.07) is 4.38. The van der Waals surface area contributed by atoms with Gasteiger partial charge in [0.15, 0.2) is 0 Å². The molecular weight excluding hydrogens is 338 g/mol. The summed E-state index contributed by atoms with van der Waals surface area (Å²) in [4.78, 5) is 48.9. The highest BCUT2D eigenvalue weighted by atomic mass is 16.6. The second-order valence-electron chi connectivity index (χ2n) is 7.06. The zero-order chi connectivity index (χ0) is 18.9. The summed E-state index contributed by atoms with van der Waals surface area (Å²) >= 11 is 0. The molecule has 1 spiro atoms. The van der Waals surface area contributed by atoms with Gasteiger partial charge in [-0.2, -0.15) is 0 Å². The fourth-order valence-electron chi connectivity index (χ4n) is 3.93. The van der Waals surface area contributed by atoms with Gasteiger partial charge in [-0.3, -0.25) is 29.4 Å². The number of nitrogens with one attached hydrogen (secondary N) is 1. The summed E-state index contributed by atoms with van der Waals surface area (Å²) in [6.45, 7) is 1.18. The SMILES string of the molecule is Cc1c(NC(=O)CN2C(=O)CC3(CCCCC3)C2=O)cccc1[N+](=O)[O-]. The Kier molecular flexibility index (Phi) is 4.76. The first-order chi connectivity index (χ1) is 12.3. The van der Waals surface area contributed by atoms with Crippen LogP contribution in [0.25, 0.3) is 0 Å². The first-order valence-corrected chi connectivity index (χ1v) is 8.73. The van der Waals surface area contributed by atoms with Crippen LogP contribution in [0, 0.1) is 22.5 Å². The van der Waals surface area contributed by atoms with Gasteiger partial charge in [-0.25, -0.2) is 0 Å². The summed E-state index contributed by atoms with van der Waals surface area (Å²) in [5.41, 5.74) is -0.0986. The van der Waals surface area contributed by atoms with E-state index in [9.17, 15) is 24.5 Å². The lowest BCUT2D eigenvalue weighted by atomic mass is 9.73. The van der Waals surface area contributed by atoms with Gasteiger partial charge in [0.1, 0.15) is 6.54 Å². The third kappa shape index (κ3) is 3.18. The molecular formula is C18H21N3O5. The number of carbonyl (C=O) groups excluding carboxylic acids is 3. The van der Waals surface area contributed by atoms with Crippen LogP contribution in [-0.4, -0.2) is 34.1 Å². The van der Waals surface area contributed by atoms with E-state index in [-0.39, 0.29) is 30.5 Å². The Morgan fingerprint density at radius 1 is 1.27 bits per heavy atom. The number of carbonyl (C=O) groups is 3. The predicted molar refractivity (Wildman–Crippen MR) is 93.3 cm³/mol. The average molecular weight is 359 g/mol. The lowest BCUT2D eigenvalue weighted by Crippen LogP contribution is -2.41. The lowest BCUT2D eigenvalue weighted by molar-refractivity contribution is -0.385. The molecule has 0 bridgehead atoms. The number of anilines is 1. The molecule has 1 aromatic carbocycles. The normalized spacial score (nSPS) is 19.0. The Morgan fingerprint density at radius 2 is 1.96 bits per heavy atom. The van der Waals surface area contributed by atoms with Crippen LogP contribution in [0.15, 0.2) is 18.2 Å². The molecule has 1 aromatic rings. The van der Waals surface area contributed by atoms with Crippen LogP contribution in [0.4, 0.5) is 11.4 Å². The van der Waals surface area contributed by atoms with Gasteiger partial charge in [0.2, 0.25) is 17.7 Å². The van der Waals surface area contributed by atoms with Crippen LogP contribution in [0.2, 0.25) is 0 Å². The number of nitro benzene ring substituents is 1. The van der Waals surface area contributed by atoms with E-state index in [0.29, 0.717) is 24.1 Å². The standard InChI is InChI=1S/C18H21N3O5/c1-12-13(6-5-7-14(12)21(25)26)19-15(22)11-20-16(23)10-18(17(20)24)8-3-2-4-9-18/h5-7H,2-4,8-11H2,1H3,(H,19,22). The Morgan fingerprint density at radius 3 is 2.62 bits per heavy atom. The van der Waals surface area contributed by atoms with E-state index in [1.54, 1.807) is 6.07 Å². The van der Waals surface area contributed by atoms with Crippen molar-refractivity contribution in [3.05, 3.63) is 33.9 Å². The summed E-state index contributed by atoms with van der Waals surface area (Å²) in [5.74, 6) is -1.11. The van der Waals surface area contributed by atoms with Gasteiger partial charge in [-0.15, -0.1) is 0 Å². The summed E-state index contributed by atoms with van der Waals surface area (Å²) in [5, 5.41) is 13.6. The van der Waals surface area contributed by atoms with Crippen molar-refractivity contribution in [2.45, 2.75) is 45.4 Å². The second-order valence-corrected chi connectivity index (χ2v) is 7.06. The van der Waals surface area contributed by atoms with Crippen molar-refractivity contribution in [2.24, 2.45) is 5.41 Å². The van der Waals surface area contributed by atoms with Crippen molar-refractivity contribution in [3.8, 4) is 0 Å². The third-order valence-corrected chi connectivity index (χ3v) is 5.38. The van der Waals surface area contributed by atoms with Crippen LogP contribution in [0.5, 0.6) is 0 Å². The highest BCUT2D eigenvalue weighted by Gasteiger charge is 2.51. The van der Waals surface area contributed by atoms with Crippen LogP contribution in [0.3, 0.4) is 0 Å². The van der Waals surface area contributed by atoms with Gasteiger partial charge in [-0.1, -0.05) is 25.3 Å². The van der Waals surface area contributed by atoms with E-state index in [1.807, 2.05) is 0 Å². The van der Waals surface area contributed by atoms with Crippen molar-refractivity contribution in [1.29, 1.82) is 0 Å². The van der Waals surface area contributed by atoms with E-state index in [2.05, 4.69) is 5.32 Å². The molecule has 0 unspecified atom stereocenters. The van der Waals surface area contributed by atoms with E-state index in [4.69, 9.17) is 0 Å². The van der Waals surface area contributed by atoms with Gasteiger partial charge in [0.25, 0.3) is 5.69 Å². The molecule has 3 amide bonds. The molecule has 1 saturated carbocycles. The van der Waals surface area contributed by atoms with Gasteiger partial charge >= 0.3 is 0 Å². The number of nitrogens with zero attached hydrogens (tertiary/aromatic N) is 2. The number of nitro groups is 1. The summed E-state index contributed by atoms with van der Waals surface area (Å²) < 4.78 is 0. The van der Waals surface area contributed by atoms with Gasteiger partial charge in [0, 0.05) is 12.5 Å². The topological polar surface area (TPSA) is 110 Å². The molecule has 3 rings (SSSR count). The van der Waals surface area contributed by atoms with Crippen molar-refractivity contribution >= 4 is 29.1 Å². The number of rotatable bonds is 4. The molecule has 138 valence electrons. The fraction of sp³-hybridized carbons (Fsp3) is 0.500. The van der Waals surface area contributed by atoms with Crippen molar-refractivity contribution in [3.63, 3.8) is 0 Å². The second kappa shape index (κ2) is 6.86. The molecule has 0 atom stereocenters. The molecule has 0 radical (unpaired) electrons. The fourth-order valence-corrected chi connectivity index (χ4v) is 3.93. The van der Waals surface area contributed by atoms with Crippen LogP contribution >= 0.6 is 0 Å². The van der Waals surface area contributed by atoms with E-state index in [1.165, 1.54) is 19.1 Å². The number of hydrogen-bond acceptors (Lipinski definition) is 5. The predicted octanol–water partition coefficient (Wildman–Crippen LogP) is 2.55. The highest BCUT2D eigenvalue weighted by molar-refractivity contribution is 6.09. The minimum Gasteiger partial charge on any atom is -0.324 e. The van der Waals surface area contributed by atoms with E-state index >= 15 is 0 Å². The van der Waals surface area contributed by atoms with Crippen molar-refractivity contribution < 1.29 is 19.3 Å². The zero-order valence-electron chi connectivity index (χ0n) is 14.6. The quantitative estimate of drug-likeness (QED) is 0.505. The van der Waals surface area contributed by atoms with E-state index < -0.39 is 16.2 Å². The van der Waals surface area contributed by atoms with Crippen LogP contribution in [0.1, 0.15) is 44.1 Å². The molecule has 26 heavy (non-hydrogen) atoms. The smallest absolute Gasteiger partial charge is 0.274 e. The largest absolute Gasteiger partial charge is 0.324 e. The molecule has 1 N–H and O–H groups in total. The first-order valence-electron chi connectivity index (χ1n) is 8.73. The first kappa shape index (κ1) is 18.0. The number of benzene rings is 1. The van der Waals surface area contributed by atoms with Gasteiger partial charge < -0.3 is 5.32 Å². The molecule has 8 heteroatoms. The van der Waals surface area contributed by atoms with Crippen LogP contribution < -0.4 is 5.32 Å². The minimum atomic E-state index is -0.628. The Labute approximate surface area is 150 Å². The Hall–Kier alpha value is -2.77.